The number of hydrogen-bond acceptors (Lipinski definition) is 6. The molecule has 0 fully saturated rings. The summed E-state index contributed by atoms with van der Waals surface area (Å²) in [5.41, 5.74) is 0.809. The molecule has 0 aliphatic heterocycles. The second-order valence-electron chi connectivity index (χ2n) is 4.33. The summed E-state index contributed by atoms with van der Waals surface area (Å²) in [7, 11) is 0. The highest BCUT2D eigenvalue weighted by atomic mass is 35.5. The molecule has 1 unspecified atom stereocenters. The van der Waals surface area contributed by atoms with Crippen molar-refractivity contribution in [2.75, 3.05) is 5.88 Å². The van der Waals surface area contributed by atoms with Gasteiger partial charge in [-0.25, -0.2) is 0 Å². The molecule has 0 aliphatic carbocycles. The number of carbonyl (C=O) groups excluding carboxylic acids is 3. The van der Waals surface area contributed by atoms with Gasteiger partial charge in [0.25, 0.3) is 0 Å². The molecule has 1 aromatic carbocycles. The first-order chi connectivity index (χ1) is 10.5. The number of rotatable bonds is 8. The van der Waals surface area contributed by atoms with Gasteiger partial charge in [0.05, 0.1) is 0 Å². The van der Waals surface area contributed by atoms with E-state index >= 15 is 0 Å². The van der Waals surface area contributed by atoms with Gasteiger partial charge in [-0.05, 0) is 5.56 Å². The van der Waals surface area contributed by atoms with Crippen LogP contribution in [0.2, 0.25) is 0 Å². The summed E-state index contributed by atoms with van der Waals surface area (Å²) in [5.74, 6) is -2.02. The third-order valence-corrected chi connectivity index (χ3v) is 2.65. The van der Waals surface area contributed by atoms with Crippen LogP contribution in [0.4, 0.5) is 0 Å². The molecule has 1 aromatic rings. The van der Waals surface area contributed by atoms with E-state index in [1.807, 2.05) is 18.2 Å². The fourth-order valence-corrected chi connectivity index (χ4v) is 1.69. The maximum atomic E-state index is 11.6. The Morgan fingerprint density at radius 1 is 1.09 bits per heavy atom. The third-order valence-electron chi connectivity index (χ3n) is 2.44. The van der Waals surface area contributed by atoms with Crippen LogP contribution >= 0.6 is 11.6 Å². The van der Waals surface area contributed by atoms with Crippen molar-refractivity contribution < 1.29 is 28.6 Å². The van der Waals surface area contributed by atoms with Crippen molar-refractivity contribution in [1.82, 2.24) is 0 Å². The molecule has 0 spiro atoms. The predicted molar refractivity (Wildman–Crippen MR) is 77.8 cm³/mol. The lowest BCUT2D eigenvalue weighted by molar-refractivity contribution is -0.187. The molecule has 0 aliphatic rings. The van der Waals surface area contributed by atoms with Crippen molar-refractivity contribution in [3.8, 4) is 0 Å². The molecule has 1 atom stereocenters. The van der Waals surface area contributed by atoms with E-state index in [4.69, 9.17) is 25.8 Å². The van der Waals surface area contributed by atoms with Gasteiger partial charge in [-0.3, -0.25) is 14.4 Å². The Labute approximate surface area is 133 Å². The Hall–Kier alpha value is -2.08. The van der Waals surface area contributed by atoms with Crippen LogP contribution in [0, 0.1) is 0 Å². The Bertz CT molecular complexity index is 502. The Morgan fingerprint density at radius 2 is 1.77 bits per heavy atom. The molecule has 0 heterocycles. The van der Waals surface area contributed by atoms with Gasteiger partial charge < -0.3 is 14.2 Å². The highest BCUT2D eigenvalue weighted by molar-refractivity contribution is 6.17. The second-order valence-corrected chi connectivity index (χ2v) is 4.71. The Balaban J connectivity index is 2.36. The van der Waals surface area contributed by atoms with E-state index in [9.17, 15) is 14.4 Å². The molecule has 0 saturated carbocycles. The van der Waals surface area contributed by atoms with Crippen molar-refractivity contribution >= 4 is 29.5 Å². The molecule has 7 heteroatoms. The van der Waals surface area contributed by atoms with Crippen LogP contribution < -0.4 is 0 Å². The summed E-state index contributed by atoms with van der Waals surface area (Å²) in [6.07, 6.45) is -1.51. The molecule has 6 nitrogen and oxygen atoms in total. The van der Waals surface area contributed by atoms with Crippen LogP contribution in [0.25, 0.3) is 0 Å². The highest BCUT2D eigenvalue weighted by Gasteiger charge is 2.19. The first-order valence-electron chi connectivity index (χ1n) is 6.63. The van der Waals surface area contributed by atoms with Gasteiger partial charge in [0.2, 0.25) is 6.29 Å². The lowest BCUT2D eigenvalue weighted by atomic mass is 10.2. The smallest absolute Gasteiger partial charge is 0.320 e. The molecule has 0 aromatic heterocycles. The van der Waals surface area contributed by atoms with Crippen LogP contribution in [-0.2, 0) is 35.2 Å². The third kappa shape index (κ3) is 7.64. The number of carbonyl (C=O) groups is 3. The van der Waals surface area contributed by atoms with Gasteiger partial charge in [-0.1, -0.05) is 30.3 Å². The second kappa shape index (κ2) is 9.78. The first kappa shape index (κ1) is 18.0. The summed E-state index contributed by atoms with van der Waals surface area (Å²) in [6, 6.07) is 9.06. The van der Waals surface area contributed by atoms with Crippen molar-refractivity contribution in [3.05, 3.63) is 35.9 Å². The van der Waals surface area contributed by atoms with E-state index in [0.29, 0.717) is 0 Å². The van der Waals surface area contributed by atoms with Gasteiger partial charge in [0, 0.05) is 19.2 Å². The van der Waals surface area contributed by atoms with Crippen LogP contribution in [0.15, 0.2) is 30.3 Å². The number of benzene rings is 1. The quantitative estimate of drug-likeness (QED) is 0.315. The number of alkyl halides is 1. The minimum absolute atomic E-state index is 0.0714. The largest absolute Gasteiger partial charge is 0.460 e. The van der Waals surface area contributed by atoms with Crippen molar-refractivity contribution in [2.45, 2.75) is 32.7 Å². The van der Waals surface area contributed by atoms with Gasteiger partial charge in [0.15, 0.2) is 0 Å². The summed E-state index contributed by atoms with van der Waals surface area (Å²) >= 11 is 5.51. The van der Waals surface area contributed by atoms with Gasteiger partial charge >= 0.3 is 17.9 Å². The lowest BCUT2D eigenvalue weighted by Crippen LogP contribution is -2.25. The standard InChI is InChI=1S/C15H17ClO6/c1-11(17)21-15(7-8-16)22-14(19)9-13(18)20-10-12-5-3-2-4-6-12/h2-6,15H,7-10H2,1H3. The molecule has 0 saturated heterocycles. The average molecular weight is 329 g/mol. The monoisotopic (exact) mass is 328 g/mol. The number of esters is 3. The fraction of sp³-hybridized carbons (Fsp3) is 0.400. The predicted octanol–water partition coefficient (Wildman–Crippen LogP) is 2.18. The minimum atomic E-state index is -1.09. The van der Waals surface area contributed by atoms with Gasteiger partial charge in [-0.2, -0.15) is 0 Å². The van der Waals surface area contributed by atoms with Crippen molar-refractivity contribution in [3.63, 3.8) is 0 Å². The number of ether oxygens (including phenoxy) is 3. The van der Waals surface area contributed by atoms with E-state index < -0.39 is 30.6 Å². The fourth-order valence-electron chi connectivity index (χ4n) is 1.51. The summed E-state index contributed by atoms with van der Waals surface area (Å²) in [6.45, 7) is 1.26. The summed E-state index contributed by atoms with van der Waals surface area (Å²) in [4.78, 5) is 33.9. The maximum Gasteiger partial charge on any atom is 0.320 e. The van der Waals surface area contributed by atoms with E-state index in [1.54, 1.807) is 12.1 Å². The summed E-state index contributed by atoms with van der Waals surface area (Å²) in [5, 5.41) is 0. The van der Waals surface area contributed by atoms with Crippen LogP contribution in [0.1, 0.15) is 25.3 Å². The van der Waals surface area contributed by atoms with E-state index in [0.717, 1.165) is 5.56 Å². The molecule has 22 heavy (non-hydrogen) atoms. The van der Waals surface area contributed by atoms with E-state index in [-0.39, 0.29) is 18.9 Å². The van der Waals surface area contributed by atoms with E-state index in [1.165, 1.54) is 6.92 Å². The summed E-state index contributed by atoms with van der Waals surface area (Å²) < 4.78 is 14.6. The maximum absolute atomic E-state index is 11.6. The molecule has 0 bridgehead atoms. The van der Waals surface area contributed by atoms with E-state index in [2.05, 4.69) is 0 Å². The molecule has 120 valence electrons. The average Bonchev–Trinajstić information content (AvgIpc) is 2.45. The molecule has 0 amide bonds. The van der Waals surface area contributed by atoms with Gasteiger partial charge in [0.1, 0.15) is 13.0 Å². The molecule has 0 radical (unpaired) electrons. The molecule has 0 N–H and O–H groups in total. The topological polar surface area (TPSA) is 78.9 Å². The SMILES string of the molecule is CC(=O)OC(CCCl)OC(=O)CC(=O)OCc1ccccc1. The normalized spacial score (nSPS) is 11.4. The van der Waals surface area contributed by atoms with Crippen LogP contribution in [-0.4, -0.2) is 30.1 Å². The highest BCUT2D eigenvalue weighted by Crippen LogP contribution is 2.07. The van der Waals surface area contributed by atoms with Crippen LogP contribution in [0.3, 0.4) is 0 Å². The zero-order chi connectivity index (χ0) is 16.4. The number of hydrogen-bond donors (Lipinski definition) is 0. The number of halogens is 1. The zero-order valence-electron chi connectivity index (χ0n) is 12.1. The lowest BCUT2D eigenvalue weighted by Gasteiger charge is -2.16. The van der Waals surface area contributed by atoms with Crippen molar-refractivity contribution in [2.24, 2.45) is 0 Å². The molecule has 1 rings (SSSR count). The Kier molecular flexibility index (Phi) is 7.99. The first-order valence-corrected chi connectivity index (χ1v) is 7.17. The van der Waals surface area contributed by atoms with Crippen molar-refractivity contribution in [1.29, 1.82) is 0 Å². The molecular weight excluding hydrogens is 312 g/mol. The zero-order valence-corrected chi connectivity index (χ0v) is 12.9. The minimum Gasteiger partial charge on any atom is -0.460 e. The Morgan fingerprint density at radius 3 is 2.36 bits per heavy atom. The molecular formula is C15H17ClO6. The van der Waals surface area contributed by atoms with Crippen LogP contribution in [0.5, 0.6) is 0 Å². The van der Waals surface area contributed by atoms with Gasteiger partial charge in [-0.15, -0.1) is 11.6 Å².